The first-order chi connectivity index (χ1) is 12.6. The average molecular weight is 435 g/mol. The van der Waals surface area contributed by atoms with E-state index in [2.05, 4.69) is 15.5 Å². The van der Waals surface area contributed by atoms with Gasteiger partial charge in [-0.05, 0) is 44.1 Å². The molecule has 1 aromatic carbocycles. The standard InChI is InChI=1S/C19H30N4O3.2ClH/c1-26-17(13-20)12-18(24)21-15-7-6-8-16(11-15)22-19(25)14-23-9-4-2-3-5-10-23;;/h6-8,11,17H,2-5,9-10,12-14,20H2,1H3,(H,21,24)(H,22,25);2*1H. The predicted molar refractivity (Wildman–Crippen MR) is 118 cm³/mol. The number of methoxy groups -OCH3 is 1. The van der Waals surface area contributed by atoms with E-state index >= 15 is 0 Å². The van der Waals surface area contributed by atoms with Crippen LogP contribution in [0.1, 0.15) is 32.1 Å². The Morgan fingerprint density at radius 2 is 1.64 bits per heavy atom. The van der Waals surface area contributed by atoms with Gasteiger partial charge in [-0.2, -0.15) is 0 Å². The lowest BCUT2D eigenvalue weighted by Crippen LogP contribution is -2.33. The number of carbonyl (C=O) groups is 2. The zero-order chi connectivity index (χ0) is 18.8. The molecule has 1 fully saturated rings. The molecule has 0 radical (unpaired) electrons. The number of nitrogens with zero attached hydrogens (tertiary/aromatic N) is 1. The SMILES string of the molecule is COC(CN)CC(=O)Nc1cccc(NC(=O)CN2CCCCCC2)c1.Cl.Cl. The van der Waals surface area contributed by atoms with Crippen LogP contribution < -0.4 is 16.4 Å². The maximum Gasteiger partial charge on any atom is 0.238 e. The van der Waals surface area contributed by atoms with Crippen LogP contribution in [0.15, 0.2) is 24.3 Å². The average Bonchev–Trinajstić information content (AvgIpc) is 2.88. The quantitative estimate of drug-likeness (QED) is 0.584. The van der Waals surface area contributed by atoms with E-state index in [4.69, 9.17) is 10.5 Å². The molecule has 1 heterocycles. The minimum atomic E-state index is -0.300. The molecule has 2 rings (SSSR count). The van der Waals surface area contributed by atoms with Crippen molar-refractivity contribution >= 4 is 48.0 Å². The highest BCUT2D eigenvalue weighted by Crippen LogP contribution is 2.16. The van der Waals surface area contributed by atoms with Crippen molar-refractivity contribution in [2.45, 2.75) is 38.2 Å². The van der Waals surface area contributed by atoms with Gasteiger partial charge in [0.1, 0.15) is 0 Å². The molecule has 1 aliphatic heterocycles. The van der Waals surface area contributed by atoms with Crippen molar-refractivity contribution in [2.24, 2.45) is 5.73 Å². The third-order valence-corrected chi connectivity index (χ3v) is 4.51. The first kappa shape index (κ1) is 26.6. The highest BCUT2D eigenvalue weighted by molar-refractivity contribution is 5.95. The second-order valence-corrected chi connectivity index (χ2v) is 6.67. The van der Waals surface area contributed by atoms with Gasteiger partial charge in [-0.15, -0.1) is 24.8 Å². The maximum atomic E-state index is 12.3. The van der Waals surface area contributed by atoms with Crippen LogP contribution in [-0.4, -0.2) is 56.1 Å². The number of rotatable bonds is 8. The molecular formula is C19H32Cl2N4O3. The van der Waals surface area contributed by atoms with E-state index < -0.39 is 0 Å². The normalized spacial score (nSPS) is 15.4. The van der Waals surface area contributed by atoms with Gasteiger partial charge in [0.2, 0.25) is 11.8 Å². The van der Waals surface area contributed by atoms with E-state index in [1.54, 1.807) is 18.2 Å². The molecule has 0 bridgehead atoms. The first-order valence-electron chi connectivity index (χ1n) is 9.25. The van der Waals surface area contributed by atoms with Gasteiger partial charge in [-0.25, -0.2) is 0 Å². The van der Waals surface area contributed by atoms with Crippen LogP contribution >= 0.6 is 24.8 Å². The Morgan fingerprint density at radius 1 is 1.07 bits per heavy atom. The van der Waals surface area contributed by atoms with E-state index in [9.17, 15) is 9.59 Å². The van der Waals surface area contributed by atoms with Crippen LogP contribution in [0, 0.1) is 0 Å². The third-order valence-electron chi connectivity index (χ3n) is 4.51. The van der Waals surface area contributed by atoms with Crippen molar-refractivity contribution in [2.75, 3.05) is 43.9 Å². The molecule has 160 valence electrons. The van der Waals surface area contributed by atoms with Crippen LogP contribution in [0.3, 0.4) is 0 Å². The second-order valence-electron chi connectivity index (χ2n) is 6.67. The molecule has 1 saturated heterocycles. The fourth-order valence-corrected chi connectivity index (χ4v) is 3.05. The first-order valence-corrected chi connectivity index (χ1v) is 9.25. The van der Waals surface area contributed by atoms with Crippen molar-refractivity contribution in [1.29, 1.82) is 0 Å². The van der Waals surface area contributed by atoms with E-state index in [-0.39, 0.29) is 55.7 Å². The molecule has 1 aromatic rings. The van der Waals surface area contributed by atoms with E-state index in [1.165, 1.54) is 20.0 Å². The summed E-state index contributed by atoms with van der Waals surface area (Å²) < 4.78 is 5.12. The van der Waals surface area contributed by atoms with Crippen molar-refractivity contribution in [3.8, 4) is 0 Å². The number of amides is 2. The van der Waals surface area contributed by atoms with Crippen molar-refractivity contribution in [3.05, 3.63) is 24.3 Å². The molecule has 0 saturated carbocycles. The molecular weight excluding hydrogens is 403 g/mol. The lowest BCUT2D eigenvalue weighted by molar-refractivity contribution is -0.118. The van der Waals surface area contributed by atoms with Gasteiger partial charge >= 0.3 is 0 Å². The van der Waals surface area contributed by atoms with Gasteiger partial charge in [0.05, 0.1) is 19.1 Å². The number of nitrogens with two attached hydrogens (primary N) is 1. The van der Waals surface area contributed by atoms with Gasteiger partial charge in [-0.3, -0.25) is 14.5 Å². The van der Waals surface area contributed by atoms with Gasteiger partial charge in [-0.1, -0.05) is 18.9 Å². The summed E-state index contributed by atoms with van der Waals surface area (Å²) in [6.45, 7) is 2.65. The Morgan fingerprint density at radius 3 is 2.18 bits per heavy atom. The zero-order valence-electron chi connectivity index (χ0n) is 16.3. The van der Waals surface area contributed by atoms with Gasteiger partial charge in [0.15, 0.2) is 0 Å². The number of likely N-dealkylation sites (tertiary alicyclic amines) is 1. The van der Waals surface area contributed by atoms with Gasteiger partial charge < -0.3 is 21.1 Å². The molecule has 0 aliphatic carbocycles. The minimum Gasteiger partial charge on any atom is -0.380 e. The van der Waals surface area contributed by atoms with E-state index in [1.807, 2.05) is 6.07 Å². The predicted octanol–water partition coefficient (Wildman–Crippen LogP) is 2.65. The number of carbonyl (C=O) groups excluding carboxylic acids is 2. The van der Waals surface area contributed by atoms with Gasteiger partial charge in [0, 0.05) is 25.0 Å². The smallest absolute Gasteiger partial charge is 0.238 e. The summed E-state index contributed by atoms with van der Waals surface area (Å²) >= 11 is 0. The molecule has 28 heavy (non-hydrogen) atoms. The Bertz CT molecular complexity index is 592. The lowest BCUT2D eigenvalue weighted by Gasteiger charge is -2.19. The van der Waals surface area contributed by atoms with Crippen LogP contribution in [0.25, 0.3) is 0 Å². The molecule has 4 N–H and O–H groups in total. The van der Waals surface area contributed by atoms with Gasteiger partial charge in [0.25, 0.3) is 0 Å². The Labute approximate surface area is 179 Å². The minimum absolute atomic E-state index is 0. The van der Waals surface area contributed by atoms with Crippen LogP contribution in [0.2, 0.25) is 0 Å². The molecule has 7 nitrogen and oxygen atoms in total. The maximum absolute atomic E-state index is 12.3. The van der Waals surface area contributed by atoms with Crippen molar-refractivity contribution in [1.82, 2.24) is 4.90 Å². The number of ether oxygens (including phenoxy) is 1. The van der Waals surface area contributed by atoms with Crippen LogP contribution in [-0.2, 0) is 14.3 Å². The Hall–Kier alpha value is -1.38. The molecule has 1 aliphatic rings. The largest absolute Gasteiger partial charge is 0.380 e. The number of nitrogens with one attached hydrogen (secondary N) is 2. The molecule has 1 atom stereocenters. The van der Waals surface area contributed by atoms with Crippen LogP contribution in [0.5, 0.6) is 0 Å². The highest BCUT2D eigenvalue weighted by Gasteiger charge is 2.14. The third kappa shape index (κ3) is 9.71. The summed E-state index contributed by atoms with van der Waals surface area (Å²) in [4.78, 5) is 26.5. The monoisotopic (exact) mass is 434 g/mol. The summed E-state index contributed by atoms with van der Waals surface area (Å²) in [5.41, 5.74) is 6.84. The number of benzene rings is 1. The Balaban J connectivity index is 0.00000364. The van der Waals surface area contributed by atoms with Crippen molar-refractivity contribution < 1.29 is 14.3 Å². The second kappa shape index (κ2) is 14.6. The summed E-state index contributed by atoms with van der Waals surface area (Å²) in [5.74, 6) is -0.201. The molecule has 0 aromatic heterocycles. The molecule has 0 spiro atoms. The lowest BCUT2D eigenvalue weighted by atomic mass is 10.2. The zero-order valence-corrected chi connectivity index (χ0v) is 17.9. The summed E-state index contributed by atoms with van der Waals surface area (Å²) in [6, 6.07) is 7.15. The highest BCUT2D eigenvalue weighted by atomic mass is 35.5. The molecule has 1 unspecified atom stereocenters. The number of halogens is 2. The summed E-state index contributed by atoms with van der Waals surface area (Å²) in [5, 5.41) is 5.72. The number of hydrogen-bond donors (Lipinski definition) is 3. The van der Waals surface area contributed by atoms with Crippen LogP contribution in [0.4, 0.5) is 11.4 Å². The topological polar surface area (TPSA) is 96.7 Å². The number of hydrogen-bond acceptors (Lipinski definition) is 5. The fourth-order valence-electron chi connectivity index (χ4n) is 3.05. The summed E-state index contributed by atoms with van der Waals surface area (Å²) in [6.07, 6.45) is 4.69. The molecule has 9 heteroatoms. The Kier molecular flexibility index (Phi) is 13.9. The number of anilines is 2. The summed E-state index contributed by atoms with van der Waals surface area (Å²) in [7, 11) is 1.53. The van der Waals surface area contributed by atoms with Crippen molar-refractivity contribution in [3.63, 3.8) is 0 Å². The van der Waals surface area contributed by atoms with E-state index in [0.29, 0.717) is 17.9 Å². The molecule has 2 amide bonds. The van der Waals surface area contributed by atoms with E-state index in [0.717, 1.165) is 25.9 Å². The fraction of sp³-hybridized carbons (Fsp3) is 0.579.